The number of carbonyl (C=O) groups is 1. The van der Waals surface area contributed by atoms with Crippen molar-refractivity contribution >= 4 is 6.09 Å². The van der Waals surface area contributed by atoms with Crippen molar-refractivity contribution in [1.29, 1.82) is 0 Å². The molecule has 2 N–H and O–H groups in total. The van der Waals surface area contributed by atoms with E-state index in [1.54, 1.807) is 0 Å². The molecule has 0 saturated carbocycles. The van der Waals surface area contributed by atoms with Crippen LogP contribution >= 0.6 is 0 Å². The maximum atomic E-state index is 11.4. The molecule has 0 aliphatic carbocycles. The molecule has 1 saturated heterocycles. The first-order chi connectivity index (χ1) is 6.87. The van der Waals surface area contributed by atoms with Crippen LogP contribution in [0.15, 0.2) is 0 Å². The first-order valence-electron chi connectivity index (χ1n) is 5.31. The van der Waals surface area contributed by atoms with E-state index < -0.39 is 5.60 Å². The monoisotopic (exact) mass is 215 g/mol. The smallest absolute Gasteiger partial charge is 0.407 e. The van der Waals surface area contributed by atoms with Gasteiger partial charge in [-0.15, -0.1) is 0 Å². The molecule has 1 heterocycles. The summed E-state index contributed by atoms with van der Waals surface area (Å²) in [5.74, 6) is 0. The second kappa shape index (κ2) is 4.81. The summed E-state index contributed by atoms with van der Waals surface area (Å²) in [7, 11) is 1.99. The van der Waals surface area contributed by atoms with E-state index in [0.29, 0.717) is 0 Å². The second-order valence-electron chi connectivity index (χ2n) is 4.92. The van der Waals surface area contributed by atoms with Crippen LogP contribution in [0.2, 0.25) is 0 Å². The van der Waals surface area contributed by atoms with Gasteiger partial charge in [-0.05, 0) is 27.2 Å². The Morgan fingerprint density at radius 2 is 2.20 bits per heavy atom. The number of hydrazine groups is 1. The molecule has 0 spiro atoms. The molecule has 5 heteroatoms. The summed E-state index contributed by atoms with van der Waals surface area (Å²) in [5, 5.41) is 4.87. The van der Waals surface area contributed by atoms with Crippen molar-refractivity contribution in [2.75, 3.05) is 20.1 Å². The van der Waals surface area contributed by atoms with Crippen molar-refractivity contribution in [3.05, 3.63) is 0 Å². The molecule has 0 unspecified atom stereocenters. The Morgan fingerprint density at radius 3 is 2.67 bits per heavy atom. The van der Waals surface area contributed by atoms with Crippen LogP contribution in [0.4, 0.5) is 4.79 Å². The van der Waals surface area contributed by atoms with Crippen molar-refractivity contribution in [2.45, 2.75) is 38.8 Å². The van der Waals surface area contributed by atoms with Crippen LogP contribution in [0.25, 0.3) is 0 Å². The van der Waals surface area contributed by atoms with E-state index in [0.717, 1.165) is 19.5 Å². The Balaban J connectivity index is 2.27. The highest BCUT2D eigenvalue weighted by molar-refractivity contribution is 5.68. The van der Waals surface area contributed by atoms with Crippen molar-refractivity contribution in [3.63, 3.8) is 0 Å². The molecule has 1 atom stereocenters. The highest BCUT2D eigenvalue weighted by Gasteiger charge is 2.21. The lowest BCUT2D eigenvalue weighted by Crippen LogP contribution is -2.53. The van der Waals surface area contributed by atoms with Crippen LogP contribution in [0.3, 0.4) is 0 Å². The van der Waals surface area contributed by atoms with Gasteiger partial charge >= 0.3 is 6.09 Å². The van der Waals surface area contributed by atoms with Crippen LogP contribution in [-0.2, 0) is 4.74 Å². The highest BCUT2D eigenvalue weighted by atomic mass is 16.6. The van der Waals surface area contributed by atoms with Gasteiger partial charge in [0, 0.05) is 26.2 Å². The normalized spacial score (nSPS) is 23.6. The third-order valence-corrected chi connectivity index (χ3v) is 2.14. The highest BCUT2D eigenvalue weighted by Crippen LogP contribution is 2.07. The lowest BCUT2D eigenvalue weighted by molar-refractivity contribution is 0.0471. The van der Waals surface area contributed by atoms with E-state index >= 15 is 0 Å². The van der Waals surface area contributed by atoms with Crippen molar-refractivity contribution in [1.82, 2.24) is 15.8 Å². The summed E-state index contributed by atoms with van der Waals surface area (Å²) in [5.41, 5.74) is 2.74. The van der Waals surface area contributed by atoms with Gasteiger partial charge in [-0.25, -0.2) is 9.80 Å². The summed E-state index contributed by atoms with van der Waals surface area (Å²) < 4.78 is 5.18. The van der Waals surface area contributed by atoms with Gasteiger partial charge in [0.1, 0.15) is 5.60 Å². The Morgan fingerprint density at radius 1 is 1.53 bits per heavy atom. The molecule has 0 aromatic rings. The quantitative estimate of drug-likeness (QED) is 0.677. The zero-order valence-corrected chi connectivity index (χ0v) is 9.96. The van der Waals surface area contributed by atoms with E-state index in [2.05, 4.69) is 10.7 Å². The number of ether oxygens (including phenoxy) is 1. The fraction of sp³-hybridized carbons (Fsp3) is 0.900. The third kappa shape index (κ3) is 4.99. The van der Waals surface area contributed by atoms with Gasteiger partial charge in [-0.1, -0.05) is 0 Å². The molecule has 1 aliphatic heterocycles. The van der Waals surface area contributed by atoms with Crippen molar-refractivity contribution in [3.8, 4) is 0 Å². The van der Waals surface area contributed by atoms with Gasteiger partial charge in [0.05, 0.1) is 0 Å². The average Bonchev–Trinajstić information content (AvgIpc) is 2.05. The summed E-state index contributed by atoms with van der Waals surface area (Å²) in [4.78, 5) is 11.4. The molecular formula is C10H21N3O2. The first kappa shape index (κ1) is 12.3. The van der Waals surface area contributed by atoms with Crippen molar-refractivity contribution < 1.29 is 9.53 Å². The zero-order valence-electron chi connectivity index (χ0n) is 9.96. The van der Waals surface area contributed by atoms with Crippen LogP contribution in [0.1, 0.15) is 27.2 Å². The van der Waals surface area contributed by atoms with Crippen LogP contribution in [0.5, 0.6) is 0 Å². The molecule has 5 nitrogen and oxygen atoms in total. The van der Waals surface area contributed by atoms with Gasteiger partial charge < -0.3 is 10.1 Å². The van der Waals surface area contributed by atoms with Crippen LogP contribution in [0, 0.1) is 0 Å². The Kier molecular flexibility index (Phi) is 3.93. The lowest BCUT2D eigenvalue weighted by atomic mass is 10.2. The molecule has 1 fully saturated rings. The van der Waals surface area contributed by atoms with Crippen molar-refractivity contribution in [2.24, 2.45) is 0 Å². The molecule has 0 aromatic heterocycles. The lowest BCUT2D eigenvalue weighted by Gasteiger charge is -2.31. The number of rotatable bonds is 1. The predicted molar refractivity (Wildman–Crippen MR) is 58.4 cm³/mol. The molecule has 1 amide bonds. The maximum Gasteiger partial charge on any atom is 0.407 e. The van der Waals surface area contributed by atoms with Gasteiger partial charge in [-0.3, -0.25) is 5.43 Å². The van der Waals surface area contributed by atoms with Crippen LogP contribution < -0.4 is 10.7 Å². The van der Waals surface area contributed by atoms with Gasteiger partial charge in [0.2, 0.25) is 0 Å². The fourth-order valence-electron chi connectivity index (χ4n) is 1.39. The largest absolute Gasteiger partial charge is 0.444 e. The molecule has 15 heavy (non-hydrogen) atoms. The van der Waals surface area contributed by atoms with E-state index in [1.807, 2.05) is 32.8 Å². The number of nitrogens with zero attached hydrogens (tertiary/aromatic N) is 1. The van der Waals surface area contributed by atoms with Gasteiger partial charge in [0.25, 0.3) is 0 Å². The summed E-state index contributed by atoms with van der Waals surface area (Å²) in [6.07, 6.45) is 0.613. The number of alkyl carbamates (subject to hydrolysis) is 1. The number of carbonyl (C=O) groups excluding carboxylic acids is 1. The van der Waals surface area contributed by atoms with E-state index in [1.165, 1.54) is 0 Å². The molecular weight excluding hydrogens is 194 g/mol. The standard InChI is InChI=1S/C10H21N3O2/c1-10(2,3)15-9(14)12-8-5-6-13(4)11-7-8/h8,11H,5-7H2,1-4H3,(H,12,14)/t8-/m1/s1. The first-order valence-corrected chi connectivity index (χ1v) is 5.31. The average molecular weight is 215 g/mol. The van der Waals surface area contributed by atoms with E-state index in [-0.39, 0.29) is 12.1 Å². The fourth-order valence-corrected chi connectivity index (χ4v) is 1.39. The summed E-state index contributed by atoms with van der Waals surface area (Å²) in [6, 6.07) is 0.163. The maximum absolute atomic E-state index is 11.4. The number of nitrogens with one attached hydrogen (secondary N) is 2. The summed E-state index contributed by atoms with van der Waals surface area (Å²) >= 11 is 0. The Labute approximate surface area is 91.1 Å². The third-order valence-electron chi connectivity index (χ3n) is 2.14. The topological polar surface area (TPSA) is 53.6 Å². The molecule has 0 radical (unpaired) electrons. The van der Waals surface area contributed by atoms with Gasteiger partial charge in [0.15, 0.2) is 0 Å². The van der Waals surface area contributed by atoms with Crippen LogP contribution in [-0.4, -0.2) is 42.9 Å². The Hall–Kier alpha value is -0.810. The minimum atomic E-state index is -0.428. The minimum absolute atomic E-state index is 0.163. The minimum Gasteiger partial charge on any atom is -0.444 e. The SMILES string of the molecule is CN1CC[C@@H](NC(=O)OC(C)(C)C)CN1. The van der Waals surface area contributed by atoms with Gasteiger partial charge in [-0.2, -0.15) is 0 Å². The number of hydrogen-bond acceptors (Lipinski definition) is 4. The predicted octanol–water partition coefficient (Wildman–Crippen LogP) is 0.720. The summed E-state index contributed by atoms with van der Waals surface area (Å²) in [6.45, 7) is 7.27. The number of amides is 1. The molecule has 0 bridgehead atoms. The molecule has 88 valence electrons. The second-order valence-corrected chi connectivity index (χ2v) is 4.92. The molecule has 0 aromatic carbocycles. The van der Waals surface area contributed by atoms with E-state index in [9.17, 15) is 4.79 Å². The molecule has 1 aliphatic rings. The zero-order chi connectivity index (χ0) is 11.5. The van der Waals surface area contributed by atoms with E-state index in [4.69, 9.17) is 4.74 Å². The number of hydrogen-bond donors (Lipinski definition) is 2. The molecule has 1 rings (SSSR count). The Bertz CT molecular complexity index is 217.